The Labute approximate surface area is 277 Å². The first kappa shape index (κ1) is 33.6. The van der Waals surface area contributed by atoms with E-state index in [1.165, 1.54) is 0 Å². The molecule has 14 heteroatoms. The predicted octanol–water partition coefficient (Wildman–Crippen LogP) is 10.3. The van der Waals surface area contributed by atoms with Crippen molar-refractivity contribution >= 4 is 45.2 Å². The highest BCUT2D eigenvalue weighted by molar-refractivity contribution is 14.1. The normalized spacial score (nSPS) is 13.2. The number of halogens is 12. The minimum absolute atomic E-state index is 0.0494. The zero-order valence-corrected chi connectivity index (χ0v) is 26.9. The first-order valence-corrected chi connectivity index (χ1v) is 15.3. The summed E-state index contributed by atoms with van der Waals surface area (Å²) in [4.78, 5) is 0. The molecule has 1 aliphatic carbocycles. The van der Waals surface area contributed by atoms with Crippen LogP contribution in [0.4, 0.5) is 43.9 Å². The van der Waals surface area contributed by atoms with Gasteiger partial charge in [-0.1, -0.05) is 12.1 Å². The van der Waals surface area contributed by atoms with Gasteiger partial charge < -0.3 is 9.47 Å². The van der Waals surface area contributed by atoms with E-state index in [1.807, 2.05) is 36.4 Å². The number of fused-ring (bicyclic) bond motifs is 3. The van der Waals surface area contributed by atoms with Gasteiger partial charge >= 0.3 is 0 Å². The summed E-state index contributed by atoms with van der Waals surface area (Å²) < 4.78 is 150. The van der Waals surface area contributed by atoms with Crippen LogP contribution in [0.15, 0.2) is 36.4 Å². The molecule has 0 amide bonds. The maximum Gasteiger partial charge on any atom is 0.206 e. The number of hydrogen-bond acceptors (Lipinski definition) is 2. The predicted molar refractivity (Wildman–Crippen MR) is 160 cm³/mol. The molecule has 0 aliphatic heterocycles. The van der Waals surface area contributed by atoms with Gasteiger partial charge in [0.05, 0.1) is 13.2 Å². The minimum Gasteiger partial charge on any atom is -0.487 e. The standard InChI is InChI=1S/C31H18F10I2O2/c32-19-21(34)25(38)29(26(39)22(19)35)44-9-1-7-31(8-2-10-45-30-27(40)23(36)20(33)24(37)28(30)41)17-11-13(42)3-5-15(17)16-6-4-14(43)12-18(16)31/h3-6,11-12H,1-2,7-10H2. The lowest BCUT2D eigenvalue weighted by molar-refractivity contribution is 0.233. The van der Waals surface area contributed by atoms with Crippen molar-refractivity contribution in [3.05, 3.63) is 113 Å². The Morgan fingerprint density at radius 2 is 0.778 bits per heavy atom. The van der Waals surface area contributed by atoms with E-state index < -0.39 is 88.3 Å². The number of hydrogen-bond donors (Lipinski definition) is 0. The van der Waals surface area contributed by atoms with Crippen molar-refractivity contribution in [2.45, 2.75) is 31.1 Å². The Morgan fingerprint density at radius 3 is 1.11 bits per heavy atom. The van der Waals surface area contributed by atoms with E-state index in [0.29, 0.717) is 0 Å². The van der Waals surface area contributed by atoms with Crippen molar-refractivity contribution in [1.29, 1.82) is 0 Å². The summed E-state index contributed by atoms with van der Waals surface area (Å²) in [6.07, 6.45) is 0.526. The summed E-state index contributed by atoms with van der Waals surface area (Å²) in [7, 11) is 0. The fourth-order valence-corrected chi connectivity index (χ4v) is 6.61. The monoisotopic (exact) mass is 866 g/mol. The highest BCUT2D eigenvalue weighted by atomic mass is 127. The van der Waals surface area contributed by atoms with E-state index in [1.54, 1.807) is 0 Å². The van der Waals surface area contributed by atoms with Crippen LogP contribution in [0.25, 0.3) is 11.1 Å². The highest BCUT2D eigenvalue weighted by Gasteiger charge is 2.43. The van der Waals surface area contributed by atoms with Crippen molar-refractivity contribution in [3.8, 4) is 22.6 Å². The molecule has 1 aliphatic rings. The average Bonchev–Trinajstić information content (AvgIpc) is 3.28. The molecule has 0 atom stereocenters. The van der Waals surface area contributed by atoms with Crippen LogP contribution in [0.2, 0.25) is 0 Å². The van der Waals surface area contributed by atoms with E-state index in [2.05, 4.69) is 45.2 Å². The van der Waals surface area contributed by atoms with Crippen LogP contribution in [0, 0.1) is 65.3 Å². The van der Waals surface area contributed by atoms with Crippen LogP contribution in [-0.2, 0) is 5.41 Å². The third-order valence-corrected chi connectivity index (χ3v) is 8.95. The fraction of sp³-hybridized carbons (Fsp3) is 0.226. The van der Waals surface area contributed by atoms with Crippen LogP contribution in [-0.4, -0.2) is 13.2 Å². The Kier molecular flexibility index (Phi) is 9.82. The molecule has 0 fully saturated rings. The summed E-state index contributed by atoms with van der Waals surface area (Å²) in [5, 5.41) is 0. The quantitative estimate of drug-likeness (QED) is 0.0520. The maximum atomic E-state index is 14.2. The van der Waals surface area contributed by atoms with E-state index >= 15 is 0 Å². The molecule has 0 bridgehead atoms. The number of rotatable bonds is 10. The first-order chi connectivity index (χ1) is 21.3. The second-order valence-corrected chi connectivity index (χ2v) is 12.7. The van der Waals surface area contributed by atoms with Crippen molar-refractivity contribution in [2.75, 3.05) is 13.2 Å². The van der Waals surface area contributed by atoms with E-state index in [-0.39, 0.29) is 25.7 Å². The van der Waals surface area contributed by atoms with E-state index in [9.17, 15) is 43.9 Å². The van der Waals surface area contributed by atoms with Gasteiger partial charge in [0.2, 0.25) is 58.2 Å². The number of ether oxygens (including phenoxy) is 2. The third kappa shape index (κ3) is 5.96. The van der Waals surface area contributed by atoms with Crippen molar-refractivity contribution < 1.29 is 53.4 Å². The van der Waals surface area contributed by atoms with Crippen LogP contribution in [0.1, 0.15) is 36.8 Å². The lowest BCUT2D eigenvalue weighted by Gasteiger charge is -2.33. The largest absolute Gasteiger partial charge is 0.487 e. The van der Waals surface area contributed by atoms with Crippen LogP contribution in [0.3, 0.4) is 0 Å². The lowest BCUT2D eigenvalue weighted by Crippen LogP contribution is -2.27. The summed E-state index contributed by atoms with van der Waals surface area (Å²) >= 11 is 4.22. The summed E-state index contributed by atoms with van der Waals surface area (Å²) in [6.45, 7) is -0.890. The summed E-state index contributed by atoms with van der Waals surface area (Å²) in [5.74, 6) is -24.4. The molecule has 238 valence electrons. The molecule has 0 saturated carbocycles. The van der Waals surface area contributed by atoms with Gasteiger partial charge in [0.1, 0.15) is 0 Å². The van der Waals surface area contributed by atoms with Gasteiger partial charge in [0.25, 0.3) is 0 Å². The zero-order valence-electron chi connectivity index (χ0n) is 22.6. The number of benzene rings is 4. The Morgan fingerprint density at radius 1 is 0.467 bits per heavy atom. The lowest BCUT2D eigenvalue weighted by atomic mass is 9.71. The van der Waals surface area contributed by atoms with Crippen LogP contribution >= 0.6 is 45.2 Å². The van der Waals surface area contributed by atoms with Gasteiger partial charge in [-0.3, -0.25) is 0 Å². The van der Waals surface area contributed by atoms with Crippen molar-refractivity contribution in [3.63, 3.8) is 0 Å². The van der Waals surface area contributed by atoms with E-state index in [4.69, 9.17) is 9.47 Å². The van der Waals surface area contributed by atoms with E-state index in [0.717, 1.165) is 29.4 Å². The topological polar surface area (TPSA) is 18.5 Å². The third-order valence-electron chi connectivity index (χ3n) is 7.61. The van der Waals surface area contributed by atoms with Gasteiger partial charge in [-0.05, 0) is 117 Å². The highest BCUT2D eigenvalue weighted by Crippen LogP contribution is 2.54. The molecule has 4 aromatic carbocycles. The SMILES string of the molecule is Fc1c(F)c(F)c(OCCCC2(CCCOc3c(F)c(F)c(F)c(F)c3F)c3cc(I)ccc3-c3ccc(I)cc32)c(F)c1F. The Bertz CT molecular complexity index is 1630. The molecule has 5 rings (SSSR count). The minimum atomic E-state index is -2.31. The molecular weight excluding hydrogens is 848 g/mol. The molecule has 4 aromatic rings. The van der Waals surface area contributed by atoms with Gasteiger partial charge in [0.15, 0.2) is 11.5 Å². The van der Waals surface area contributed by atoms with Crippen molar-refractivity contribution in [1.82, 2.24) is 0 Å². The molecule has 0 aromatic heterocycles. The van der Waals surface area contributed by atoms with Crippen LogP contribution < -0.4 is 9.47 Å². The molecule has 0 unspecified atom stereocenters. The van der Waals surface area contributed by atoms with Crippen LogP contribution in [0.5, 0.6) is 11.5 Å². The molecule has 0 heterocycles. The zero-order chi connectivity index (χ0) is 32.8. The van der Waals surface area contributed by atoms with Gasteiger partial charge in [-0.25, -0.2) is 26.3 Å². The Balaban J connectivity index is 1.44. The molecule has 0 spiro atoms. The smallest absolute Gasteiger partial charge is 0.206 e. The second kappa shape index (κ2) is 13.2. The summed E-state index contributed by atoms with van der Waals surface area (Å²) in [5.41, 5.74) is 2.52. The fourth-order valence-electron chi connectivity index (χ4n) is 5.62. The first-order valence-electron chi connectivity index (χ1n) is 13.2. The Hall–Kier alpha value is -2.76. The van der Waals surface area contributed by atoms with Gasteiger partial charge in [-0.2, -0.15) is 17.6 Å². The average molecular weight is 866 g/mol. The molecule has 0 saturated heterocycles. The molecule has 2 nitrogen and oxygen atoms in total. The van der Waals surface area contributed by atoms with Gasteiger partial charge in [0, 0.05) is 12.6 Å². The maximum absolute atomic E-state index is 14.2. The second-order valence-electron chi connectivity index (χ2n) is 10.2. The molecular formula is C31H18F10I2O2. The summed E-state index contributed by atoms with van der Waals surface area (Å²) in [6, 6.07) is 11.4. The van der Waals surface area contributed by atoms with Gasteiger partial charge in [-0.15, -0.1) is 0 Å². The molecule has 45 heavy (non-hydrogen) atoms. The van der Waals surface area contributed by atoms with Crippen molar-refractivity contribution in [2.24, 2.45) is 0 Å². The molecule has 0 radical (unpaired) electrons. The molecule has 0 N–H and O–H groups in total.